The Labute approximate surface area is 117 Å². The molecule has 0 aliphatic heterocycles. The Morgan fingerprint density at radius 2 is 2.05 bits per heavy atom. The van der Waals surface area contributed by atoms with Crippen LogP contribution in [0.3, 0.4) is 0 Å². The maximum atomic E-state index is 13.6. The highest BCUT2D eigenvalue weighted by Gasteiger charge is 2.31. The van der Waals surface area contributed by atoms with Gasteiger partial charge in [-0.15, -0.1) is 0 Å². The summed E-state index contributed by atoms with van der Waals surface area (Å²) in [6, 6.07) is 10.3. The first kappa shape index (κ1) is 13.1. The molecule has 2 aromatic rings. The first-order valence-corrected chi connectivity index (χ1v) is 6.78. The molecule has 0 atom stereocenters. The summed E-state index contributed by atoms with van der Waals surface area (Å²) in [6.07, 6.45) is 3.80. The molecule has 1 saturated carbocycles. The Morgan fingerprint density at radius 3 is 2.70 bits per heavy atom. The molecule has 104 valence electrons. The normalized spacial score (nSPS) is 14.7. The van der Waals surface area contributed by atoms with Crippen molar-refractivity contribution >= 4 is 5.78 Å². The lowest BCUT2D eigenvalue weighted by Crippen LogP contribution is -2.31. The Balaban J connectivity index is 1.70. The van der Waals surface area contributed by atoms with Gasteiger partial charge in [0.1, 0.15) is 11.6 Å². The van der Waals surface area contributed by atoms with E-state index < -0.39 is 5.82 Å². The molecule has 1 aromatic carbocycles. The zero-order chi connectivity index (χ0) is 13.9. The quantitative estimate of drug-likeness (QED) is 0.757. The Bertz CT molecular complexity index is 590. The van der Waals surface area contributed by atoms with Gasteiger partial charge in [0, 0.05) is 6.04 Å². The summed E-state index contributed by atoms with van der Waals surface area (Å²) in [7, 11) is 0. The van der Waals surface area contributed by atoms with E-state index >= 15 is 0 Å². The molecule has 3 nitrogen and oxygen atoms in total. The fraction of sp³-hybridized carbons (Fsp3) is 0.312. The number of benzene rings is 1. The second kappa shape index (κ2) is 5.59. The Morgan fingerprint density at radius 1 is 1.25 bits per heavy atom. The highest BCUT2D eigenvalue weighted by atomic mass is 19.1. The van der Waals surface area contributed by atoms with Gasteiger partial charge in [0.25, 0.3) is 0 Å². The number of hydrogen-bond donors (Lipinski definition) is 0. The molecule has 1 aliphatic carbocycles. The number of nitrogens with zero attached hydrogens (tertiary/aromatic N) is 1. The van der Waals surface area contributed by atoms with Crippen molar-refractivity contribution in [1.82, 2.24) is 4.90 Å². The minimum atomic E-state index is -0.453. The Kier molecular flexibility index (Phi) is 3.65. The highest BCUT2D eigenvalue weighted by molar-refractivity contribution is 5.97. The number of Topliss-reactive ketones (excluding diaryl/α,β-unsaturated/α-hetero) is 1. The summed E-state index contributed by atoms with van der Waals surface area (Å²) in [4.78, 5) is 14.3. The zero-order valence-corrected chi connectivity index (χ0v) is 11.1. The molecular weight excluding hydrogens is 257 g/mol. The van der Waals surface area contributed by atoms with E-state index in [4.69, 9.17) is 4.42 Å². The van der Waals surface area contributed by atoms with Crippen molar-refractivity contribution in [2.24, 2.45) is 0 Å². The van der Waals surface area contributed by atoms with Gasteiger partial charge in [0.05, 0.1) is 24.9 Å². The van der Waals surface area contributed by atoms with Crippen molar-refractivity contribution in [3.63, 3.8) is 0 Å². The summed E-state index contributed by atoms with van der Waals surface area (Å²) in [5, 5.41) is 0. The van der Waals surface area contributed by atoms with Gasteiger partial charge >= 0.3 is 0 Å². The summed E-state index contributed by atoms with van der Waals surface area (Å²) >= 11 is 0. The van der Waals surface area contributed by atoms with Crippen LogP contribution >= 0.6 is 0 Å². The van der Waals surface area contributed by atoms with E-state index in [1.807, 2.05) is 12.1 Å². The van der Waals surface area contributed by atoms with Crippen LogP contribution in [0.2, 0.25) is 0 Å². The van der Waals surface area contributed by atoms with Crippen LogP contribution in [0, 0.1) is 5.82 Å². The highest BCUT2D eigenvalue weighted by Crippen LogP contribution is 2.28. The van der Waals surface area contributed by atoms with Crippen molar-refractivity contribution in [3.05, 3.63) is 59.8 Å². The van der Waals surface area contributed by atoms with Gasteiger partial charge in [-0.2, -0.15) is 0 Å². The average molecular weight is 273 g/mol. The average Bonchev–Trinajstić information content (AvgIpc) is 3.17. The third-order valence-electron chi connectivity index (χ3n) is 3.52. The lowest BCUT2D eigenvalue weighted by Gasteiger charge is -2.19. The lowest BCUT2D eigenvalue weighted by molar-refractivity contribution is 0.0909. The third-order valence-corrected chi connectivity index (χ3v) is 3.52. The van der Waals surface area contributed by atoms with Crippen molar-refractivity contribution in [3.8, 4) is 0 Å². The smallest absolute Gasteiger partial charge is 0.179 e. The lowest BCUT2D eigenvalue weighted by atomic mass is 10.1. The van der Waals surface area contributed by atoms with E-state index in [9.17, 15) is 9.18 Å². The van der Waals surface area contributed by atoms with E-state index in [1.54, 1.807) is 18.4 Å². The molecule has 0 spiro atoms. The van der Waals surface area contributed by atoms with Gasteiger partial charge in [-0.3, -0.25) is 9.69 Å². The van der Waals surface area contributed by atoms with Crippen molar-refractivity contribution < 1.29 is 13.6 Å². The van der Waals surface area contributed by atoms with Gasteiger partial charge < -0.3 is 4.42 Å². The van der Waals surface area contributed by atoms with Crippen LogP contribution in [0.1, 0.15) is 29.0 Å². The fourth-order valence-electron chi connectivity index (χ4n) is 2.31. The van der Waals surface area contributed by atoms with E-state index in [0.717, 1.165) is 18.6 Å². The fourth-order valence-corrected chi connectivity index (χ4v) is 2.31. The van der Waals surface area contributed by atoms with Crippen LogP contribution in [0.4, 0.5) is 4.39 Å². The molecule has 1 fully saturated rings. The predicted molar refractivity (Wildman–Crippen MR) is 72.9 cm³/mol. The first-order chi connectivity index (χ1) is 9.74. The van der Waals surface area contributed by atoms with Crippen LogP contribution < -0.4 is 0 Å². The largest absolute Gasteiger partial charge is 0.468 e. The molecule has 0 radical (unpaired) electrons. The minimum absolute atomic E-state index is 0.164. The molecule has 0 N–H and O–H groups in total. The second-order valence-electron chi connectivity index (χ2n) is 5.12. The monoisotopic (exact) mass is 273 g/mol. The number of carbonyl (C=O) groups is 1. The SMILES string of the molecule is O=C(CN(Cc1ccco1)C1CC1)c1ccccc1F. The molecule has 1 aliphatic rings. The number of carbonyl (C=O) groups excluding carboxylic acids is 1. The van der Waals surface area contributed by atoms with Crippen LogP contribution in [0.15, 0.2) is 47.1 Å². The number of furan rings is 1. The summed E-state index contributed by atoms with van der Waals surface area (Å²) < 4.78 is 19.0. The standard InChI is InChI=1S/C16H16FNO2/c17-15-6-2-1-5-14(15)16(19)11-18(12-7-8-12)10-13-4-3-9-20-13/h1-6,9,12H,7-8,10-11H2. The number of halogens is 1. The second-order valence-corrected chi connectivity index (χ2v) is 5.12. The molecule has 3 rings (SSSR count). The van der Waals surface area contributed by atoms with Gasteiger partial charge in [0.2, 0.25) is 0 Å². The van der Waals surface area contributed by atoms with Crippen molar-refractivity contribution in [2.75, 3.05) is 6.54 Å². The van der Waals surface area contributed by atoms with E-state index in [-0.39, 0.29) is 17.9 Å². The predicted octanol–water partition coefficient (Wildman–Crippen LogP) is 3.27. The molecule has 1 heterocycles. The molecule has 0 amide bonds. The maximum Gasteiger partial charge on any atom is 0.179 e. The van der Waals surface area contributed by atoms with Crippen LogP contribution in [-0.4, -0.2) is 23.3 Å². The van der Waals surface area contributed by atoms with E-state index in [1.165, 1.54) is 12.1 Å². The molecule has 20 heavy (non-hydrogen) atoms. The van der Waals surface area contributed by atoms with Crippen molar-refractivity contribution in [2.45, 2.75) is 25.4 Å². The molecule has 0 saturated heterocycles. The third kappa shape index (κ3) is 2.96. The van der Waals surface area contributed by atoms with Crippen LogP contribution in [0.5, 0.6) is 0 Å². The van der Waals surface area contributed by atoms with Gasteiger partial charge in [0.15, 0.2) is 5.78 Å². The Hall–Kier alpha value is -1.94. The zero-order valence-electron chi connectivity index (χ0n) is 11.1. The number of ketones is 1. The van der Waals surface area contributed by atoms with Crippen molar-refractivity contribution in [1.29, 1.82) is 0 Å². The molecule has 1 aromatic heterocycles. The number of hydrogen-bond acceptors (Lipinski definition) is 3. The first-order valence-electron chi connectivity index (χ1n) is 6.78. The molecule has 0 unspecified atom stereocenters. The molecule has 4 heteroatoms. The van der Waals surface area contributed by atoms with Gasteiger partial charge in [-0.1, -0.05) is 12.1 Å². The van der Waals surface area contributed by atoms with Crippen LogP contribution in [0.25, 0.3) is 0 Å². The summed E-state index contributed by atoms with van der Waals surface area (Å²) in [5.74, 6) is 0.200. The maximum absolute atomic E-state index is 13.6. The van der Waals surface area contributed by atoms with Gasteiger partial charge in [-0.25, -0.2) is 4.39 Å². The summed E-state index contributed by atoms with van der Waals surface area (Å²) in [5.41, 5.74) is 0.164. The van der Waals surface area contributed by atoms with E-state index in [2.05, 4.69) is 4.90 Å². The van der Waals surface area contributed by atoms with Gasteiger partial charge in [-0.05, 0) is 37.1 Å². The molecular formula is C16H16FNO2. The van der Waals surface area contributed by atoms with E-state index in [0.29, 0.717) is 12.6 Å². The topological polar surface area (TPSA) is 33.5 Å². The minimum Gasteiger partial charge on any atom is -0.468 e. The summed E-state index contributed by atoms with van der Waals surface area (Å²) in [6.45, 7) is 0.824. The number of rotatable bonds is 6. The molecule has 0 bridgehead atoms. The van der Waals surface area contributed by atoms with Crippen LogP contribution in [-0.2, 0) is 6.54 Å².